The number of anilines is 1. The van der Waals surface area contributed by atoms with E-state index in [1.165, 1.54) is 4.57 Å². The standard InChI is InChI=1S/C13H17N3O3/c1-3-15(4-2)11(17)8-16-12-9(14)6-5-7-10(12)19-13(16)18/h5-7H,3-4,8,14H2,1-2H3. The molecule has 6 nitrogen and oxygen atoms in total. The zero-order valence-corrected chi connectivity index (χ0v) is 11.0. The largest absolute Gasteiger partial charge is 0.420 e. The molecule has 0 spiro atoms. The third kappa shape index (κ3) is 2.33. The van der Waals surface area contributed by atoms with Crippen LogP contribution in [0.2, 0.25) is 0 Å². The molecule has 1 aromatic carbocycles. The number of nitrogen functional groups attached to an aromatic ring is 1. The molecule has 0 atom stereocenters. The van der Waals surface area contributed by atoms with Crippen LogP contribution in [0.4, 0.5) is 5.69 Å². The SMILES string of the molecule is CCN(CC)C(=O)Cn1c(=O)oc2cccc(N)c21. The molecule has 0 unspecified atom stereocenters. The Bertz CT molecular complexity index is 653. The van der Waals surface area contributed by atoms with Crippen molar-refractivity contribution in [2.75, 3.05) is 18.8 Å². The number of nitrogens with two attached hydrogens (primary N) is 1. The van der Waals surface area contributed by atoms with Gasteiger partial charge in [0.05, 0.1) is 5.69 Å². The Balaban J connectivity index is 2.43. The molecule has 0 saturated carbocycles. The number of para-hydroxylation sites is 1. The van der Waals surface area contributed by atoms with Crippen LogP contribution in [-0.4, -0.2) is 28.5 Å². The van der Waals surface area contributed by atoms with Gasteiger partial charge in [-0.2, -0.15) is 0 Å². The number of nitrogens with zero attached hydrogens (tertiary/aromatic N) is 2. The van der Waals surface area contributed by atoms with Gasteiger partial charge < -0.3 is 15.1 Å². The third-order valence-electron chi connectivity index (χ3n) is 3.13. The Kier molecular flexibility index (Phi) is 3.59. The lowest BCUT2D eigenvalue weighted by Gasteiger charge is -2.18. The molecule has 0 aliphatic heterocycles. The first-order valence-electron chi connectivity index (χ1n) is 6.24. The number of benzene rings is 1. The first-order chi connectivity index (χ1) is 9.08. The van der Waals surface area contributed by atoms with Crippen molar-refractivity contribution < 1.29 is 9.21 Å². The molecular formula is C13H17N3O3. The number of carbonyl (C=O) groups is 1. The topological polar surface area (TPSA) is 81.5 Å². The lowest BCUT2D eigenvalue weighted by Crippen LogP contribution is -2.35. The number of rotatable bonds is 4. The minimum atomic E-state index is -0.562. The van der Waals surface area contributed by atoms with E-state index in [-0.39, 0.29) is 12.5 Å². The van der Waals surface area contributed by atoms with Crippen LogP contribution in [0.1, 0.15) is 13.8 Å². The van der Waals surface area contributed by atoms with Crippen LogP contribution in [0, 0.1) is 0 Å². The molecule has 1 amide bonds. The molecule has 2 aromatic rings. The smallest absolute Gasteiger partial charge is 0.408 e. The minimum Gasteiger partial charge on any atom is -0.408 e. The van der Waals surface area contributed by atoms with Crippen LogP contribution in [0.3, 0.4) is 0 Å². The second kappa shape index (κ2) is 5.17. The fraction of sp³-hybridized carbons (Fsp3) is 0.385. The first kappa shape index (κ1) is 13.2. The number of aromatic nitrogens is 1. The fourth-order valence-corrected chi connectivity index (χ4v) is 2.11. The monoisotopic (exact) mass is 263 g/mol. The lowest BCUT2D eigenvalue weighted by molar-refractivity contribution is -0.131. The normalized spacial score (nSPS) is 10.8. The van der Waals surface area contributed by atoms with E-state index in [0.29, 0.717) is 29.9 Å². The van der Waals surface area contributed by atoms with Crippen LogP contribution in [0.15, 0.2) is 27.4 Å². The molecule has 0 radical (unpaired) electrons. The fourth-order valence-electron chi connectivity index (χ4n) is 2.11. The van der Waals surface area contributed by atoms with E-state index >= 15 is 0 Å². The van der Waals surface area contributed by atoms with Gasteiger partial charge in [0, 0.05) is 13.1 Å². The van der Waals surface area contributed by atoms with E-state index in [1.54, 1.807) is 23.1 Å². The van der Waals surface area contributed by atoms with Crippen LogP contribution in [0.5, 0.6) is 0 Å². The zero-order valence-electron chi connectivity index (χ0n) is 11.0. The summed E-state index contributed by atoms with van der Waals surface area (Å²) >= 11 is 0. The molecule has 2 rings (SSSR count). The van der Waals surface area contributed by atoms with Gasteiger partial charge in [0.25, 0.3) is 0 Å². The highest BCUT2D eigenvalue weighted by atomic mass is 16.4. The summed E-state index contributed by atoms with van der Waals surface area (Å²) in [4.78, 5) is 25.5. The van der Waals surface area contributed by atoms with Crippen LogP contribution >= 0.6 is 0 Å². The number of oxazole rings is 1. The quantitative estimate of drug-likeness (QED) is 0.836. The molecule has 6 heteroatoms. The molecule has 0 aliphatic rings. The van der Waals surface area contributed by atoms with Gasteiger partial charge in [0.2, 0.25) is 5.91 Å². The highest BCUT2D eigenvalue weighted by Crippen LogP contribution is 2.19. The Hall–Kier alpha value is -2.24. The third-order valence-corrected chi connectivity index (χ3v) is 3.13. The second-order valence-corrected chi connectivity index (χ2v) is 4.21. The molecule has 0 saturated heterocycles. The number of likely N-dealkylation sites (N-methyl/N-ethyl adjacent to an activating group) is 1. The molecule has 2 N–H and O–H groups in total. The van der Waals surface area contributed by atoms with E-state index in [4.69, 9.17) is 10.2 Å². The summed E-state index contributed by atoms with van der Waals surface area (Å²) in [6, 6.07) is 5.04. The highest BCUT2D eigenvalue weighted by Gasteiger charge is 2.17. The predicted molar refractivity (Wildman–Crippen MR) is 72.8 cm³/mol. The molecule has 0 bridgehead atoms. The average Bonchev–Trinajstić information content (AvgIpc) is 2.69. The summed E-state index contributed by atoms with van der Waals surface area (Å²) < 4.78 is 6.37. The van der Waals surface area contributed by atoms with Gasteiger partial charge in [0.1, 0.15) is 12.1 Å². The van der Waals surface area contributed by atoms with Crippen molar-refractivity contribution in [3.8, 4) is 0 Å². The van der Waals surface area contributed by atoms with E-state index in [9.17, 15) is 9.59 Å². The van der Waals surface area contributed by atoms with Gasteiger partial charge in [-0.25, -0.2) is 4.79 Å². The molecule has 19 heavy (non-hydrogen) atoms. The van der Waals surface area contributed by atoms with Gasteiger partial charge in [-0.05, 0) is 26.0 Å². The number of carbonyl (C=O) groups excluding carboxylic acids is 1. The van der Waals surface area contributed by atoms with Gasteiger partial charge >= 0.3 is 5.76 Å². The number of fused-ring (bicyclic) bond motifs is 1. The maximum atomic E-state index is 12.1. The van der Waals surface area contributed by atoms with Gasteiger partial charge in [-0.3, -0.25) is 9.36 Å². The molecule has 0 fully saturated rings. The van der Waals surface area contributed by atoms with Crippen molar-refractivity contribution in [1.82, 2.24) is 9.47 Å². The van der Waals surface area contributed by atoms with Gasteiger partial charge in [-0.1, -0.05) is 6.07 Å². The average molecular weight is 263 g/mol. The number of hydrogen-bond acceptors (Lipinski definition) is 4. The van der Waals surface area contributed by atoms with Crippen LogP contribution < -0.4 is 11.5 Å². The predicted octanol–water partition coefficient (Wildman–Crippen LogP) is 1.05. The first-order valence-corrected chi connectivity index (χ1v) is 6.24. The zero-order chi connectivity index (χ0) is 14.0. The Morgan fingerprint density at radius 2 is 2.05 bits per heavy atom. The van der Waals surface area contributed by atoms with E-state index in [0.717, 1.165) is 0 Å². The summed E-state index contributed by atoms with van der Waals surface area (Å²) in [5.41, 5.74) is 7.15. The highest BCUT2D eigenvalue weighted by molar-refractivity contribution is 5.87. The molecule has 1 heterocycles. The minimum absolute atomic E-state index is 0.0538. The molecule has 1 aromatic heterocycles. The number of hydrogen-bond donors (Lipinski definition) is 1. The van der Waals surface area contributed by atoms with Crippen molar-refractivity contribution in [3.05, 3.63) is 28.7 Å². The van der Waals surface area contributed by atoms with Crippen molar-refractivity contribution >= 4 is 22.7 Å². The Labute approximate surface area is 110 Å². The van der Waals surface area contributed by atoms with Crippen molar-refractivity contribution in [3.63, 3.8) is 0 Å². The second-order valence-electron chi connectivity index (χ2n) is 4.21. The van der Waals surface area contributed by atoms with Crippen molar-refractivity contribution in [1.29, 1.82) is 0 Å². The number of amides is 1. The molecule has 102 valence electrons. The lowest BCUT2D eigenvalue weighted by atomic mass is 10.3. The van der Waals surface area contributed by atoms with Crippen molar-refractivity contribution in [2.45, 2.75) is 20.4 Å². The van der Waals surface area contributed by atoms with E-state index < -0.39 is 5.76 Å². The maximum Gasteiger partial charge on any atom is 0.420 e. The van der Waals surface area contributed by atoms with E-state index in [1.807, 2.05) is 13.8 Å². The van der Waals surface area contributed by atoms with Gasteiger partial charge in [0.15, 0.2) is 5.58 Å². The molecular weight excluding hydrogens is 246 g/mol. The Morgan fingerprint density at radius 1 is 1.37 bits per heavy atom. The summed E-state index contributed by atoms with van der Waals surface area (Å²) in [7, 11) is 0. The molecule has 0 aliphatic carbocycles. The maximum absolute atomic E-state index is 12.1. The van der Waals surface area contributed by atoms with Crippen LogP contribution in [0.25, 0.3) is 11.1 Å². The van der Waals surface area contributed by atoms with E-state index in [2.05, 4.69) is 0 Å². The summed E-state index contributed by atoms with van der Waals surface area (Å²) in [5, 5.41) is 0. The van der Waals surface area contributed by atoms with Gasteiger partial charge in [-0.15, -0.1) is 0 Å². The Morgan fingerprint density at radius 3 is 2.68 bits per heavy atom. The summed E-state index contributed by atoms with van der Waals surface area (Å²) in [6.45, 7) is 4.95. The summed E-state index contributed by atoms with van der Waals surface area (Å²) in [5.74, 6) is -0.688. The summed E-state index contributed by atoms with van der Waals surface area (Å²) in [6.07, 6.45) is 0. The van der Waals surface area contributed by atoms with Crippen LogP contribution in [-0.2, 0) is 11.3 Å². The van der Waals surface area contributed by atoms with Crippen molar-refractivity contribution in [2.24, 2.45) is 0 Å².